The Balaban J connectivity index is 1.58. The number of benzene rings is 2. The number of para-hydroxylation sites is 1. The van der Waals surface area contributed by atoms with Gasteiger partial charge in [0.15, 0.2) is 0 Å². The Hall–Kier alpha value is -5.56. The quantitative estimate of drug-likeness (QED) is 0.317. The van der Waals surface area contributed by atoms with Crippen LogP contribution in [0.3, 0.4) is 0 Å². The Morgan fingerprint density at radius 3 is 2.71 bits per heavy atom. The number of rotatable bonds is 5. The number of nitriles is 1. The highest BCUT2D eigenvalue weighted by Gasteiger charge is 2.21. The van der Waals surface area contributed by atoms with Gasteiger partial charge in [0.05, 0.1) is 28.8 Å². The molecule has 10 heteroatoms. The van der Waals surface area contributed by atoms with Crippen molar-refractivity contribution in [2.24, 2.45) is 0 Å². The number of nitrogens with one attached hydrogen (secondary N) is 2. The first-order valence-electron chi connectivity index (χ1n) is 11.9. The maximum absolute atomic E-state index is 14.3. The fraction of sp³-hybridized carbons (Fsp3) is 0.0714. The van der Waals surface area contributed by atoms with Crippen molar-refractivity contribution in [1.29, 1.82) is 5.26 Å². The van der Waals surface area contributed by atoms with Gasteiger partial charge in [-0.1, -0.05) is 30.3 Å². The van der Waals surface area contributed by atoms with E-state index in [9.17, 15) is 10.1 Å². The third-order valence-electron chi connectivity index (χ3n) is 6.32. The summed E-state index contributed by atoms with van der Waals surface area (Å²) in [5.74, 6) is 0.746. The van der Waals surface area contributed by atoms with Crippen molar-refractivity contribution in [2.75, 3.05) is 11.1 Å². The van der Waals surface area contributed by atoms with Gasteiger partial charge in [-0.15, -0.1) is 0 Å². The maximum Gasteiger partial charge on any atom is 0.266 e. The first-order chi connectivity index (χ1) is 18.5. The van der Waals surface area contributed by atoms with Crippen LogP contribution in [0.5, 0.6) is 0 Å². The van der Waals surface area contributed by atoms with Crippen LogP contribution >= 0.6 is 0 Å². The molecule has 184 valence electrons. The Kier molecular flexibility index (Phi) is 5.51. The molecule has 1 atom stereocenters. The lowest BCUT2D eigenvalue weighted by Gasteiger charge is -2.21. The number of aromatic amines is 1. The van der Waals surface area contributed by atoms with Crippen LogP contribution in [0.1, 0.15) is 24.4 Å². The summed E-state index contributed by atoms with van der Waals surface area (Å²) in [4.78, 5) is 34.9. The van der Waals surface area contributed by atoms with Gasteiger partial charge in [0, 0.05) is 23.3 Å². The summed E-state index contributed by atoms with van der Waals surface area (Å²) in [6.45, 7) is 1.85. The molecule has 0 saturated carbocycles. The first kappa shape index (κ1) is 22.9. The fourth-order valence-corrected chi connectivity index (χ4v) is 4.55. The highest BCUT2D eigenvalue weighted by Crippen LogP contribution is 2.29. The number of aromatic nitrogens is 6. The van der Waals surface area contributed by atoms with Crippen molar-refractivity contribution in [3.05, 3.63) is 101 Å². The molecule has 0 amide bonds. The second kappa shape index (κ2) is 9.15. The molecule has 0 saturated heterocycles. The molecular weight excluding hydrogens is 478 g/mol. The zero-order valence-electron chi connectivity index (χ0n) is 20.3. The summed E-state index contributed by atoms with van der Waals surface area (Å²) in [6, 6.07) is 20.4. The van der Waals surface area contributed by atoms with Crippen molar-refractivity contribution in [1.82, 2.24) is 29.5 Å². The van der Waals surface area contributed by atoms with E-state index in [-0.39, 0.29) is 22.9 Å². The van der Waals surface area contributed by atoms with E-state index in [1.807, 2.05) is 73.8 Å². The predicted molar refractivity (Wildman–Crippen MR) is 146 cm³/mol. The van der Waals surface area contributed by atoms with Gasteiger partial charge >= 0.3 is 0 Å². The monoisotopic (exact) mass is 499 g/mol. The Bertz CT molecular complexity index is 1920. The molecule has 0 bridgehead atoms. The first-order valence-corrected chi connectivity index (χ1v) is 11.9. The van der Waals surface area contributed by atoms with Gasteiger partial charge in [0.25, 0.3) is 5.56 Å². The molecule has 38 heavy (non-hydrogen) atoms. The van der Waals surface area contributed by atoms with Gasteiger partial charge in [-0.05, 0) is 42.8 Å². The van der Waals surface area contributed by atoms with Gasteiger partial charge in [-0.3, -0.25) is 9.36 Å². The molecule has 0 unspecified atom stereocenters. The molecule has 10 nitrogen and oxygen atoms in total. The number of anilines is 2. The van der Waals surface area contributed by atoms with Crippen LogP contribution in [0.2, 0.25) is 0 Å². The van der Waals surface area contributed by atoms with Crippen molar-refractivity contribution in [3.63, 3.8) is 0 Å². The van der Waals surface area contributed by atoms with E-state index in [2.05, 4.69) is 31.3 Å². The number of pyridine rings is 1. The zero-order valence-corrected chi connectivity index (χ0v) is 20.3. The summed E-state index contributed by atoms with van der Waals surface area (Å²) >= 11 is 0. The summed E-state index contributed by atoms with van der Waals surface area (Å²) < 4.78 is 1.59. The molecule has 4 heterocycles. The average molecular weight is 500 g/mol. The van der Waals surface area contributed by atoms with Crippen LogP contribution in [0.15, 0.2) is 84.0 Å². The molecule has 0 aliphatic carbocycles. The van der Waals surface area contributed by atoms with Crippen LogP contribution in [-0.4, -0.2) is 29.5 Å². The summed E-state index contributed by atoms with van der Waals surface area (Å²) in [7, 11) is 0. The standard InChI is InChI=1S/C28H21N9O/c1-16(34-25-19(13-29)15-33-28(30)36-25)26-35-22-9-5-8-21(18-12-17-10-11-31-24(17)32-14-18)23(22)27(38)37(26)20-6-3-2-4-7-20/h2-12,14-16H,1H3,(H,31,32)(H3,30,33,34,36)/t16-/m1/s1. The van der Waals surface area contributed by atoms with Crippen LogP contribution < -0.4 is 16.6 Å². The number of nitrogens with two attached hydrogens (primary N) is 1. The number of fused-ring (bicyclic) bond motifs is 2. The van der Waals surface area contributed by atoms with Crippen LogP contribution in [0.25, 0.3) is 38.8 Å². The molecule has 6 rings (SSSR count). The van der Waals surface area contributed by atoms with Gasteiger partial charge in [0.2, 0.25) is 5.95 Å². The minimum atomic E-state index is -0.518. The van der Waals surface area contributed by atoms with E-state index in [0.717, 1.165) is 22.2 Å². The van der Waals surface area contributed by atoms with Crippen LogP contribution in [-0.2, 0) is 0 Å². The van der Waals surface area contributed by atoms with E-state index in [4.69, 9.17) is 10.7 Å². The Labute approximate surface area is 216 Å². The molecule has 0 aliphatic rings. The summed E-state index contributed by atoms with van der Waals surface area (Å²) in [5, 5.41) is 14.1. The smallest absolute Gasteiger partial charge is 0.266 e. The number of nitrogen functional groups attached to an aromatic ring is 1. The molecule has 4 N–H and O–H groups in total. The highest BCUT2D eigenvalue weighted by molar-refractivity contribution is 5.96. The molecular formula is C28H21N9O. The van der Waals surface area contributed by atoms with Crippen LogP contribution in [0.4, 0.5) is 11.8 Å². The lowest BCUT2D eigenvalue weighted by atomic mass is 10.0. The van der Waals surface area contributed by atoms with E-state index in [1.165, 1.54) is 6.20 Å². The molecule has 0 spiro atoms. The number of hydrogen-bond donors (Lipinski definition) is 3. The topological polar surface area (TPSA) is 151 Å². The number of hydrogen-bond acceptors (Lipinski definition) is 8. The second-order valence-corrected chi connectivity index (χ2v) is 8.75. The average Bonchev–Trinajstić information content (AvgIpc) is 3.41. The van der Waals surface area contributed by atoms with Gasteiger partial charge in [-0.25, -0.2) is 15.0 Å². The predicted octanol–water partition coefficient (Wildman–Crippen LogP) is 4.35. The van der Waals surface area contributed by atoms with Crippen molar-refractivity contribution < 1.29 is 0 Å². The lowest BCUT2D eigenvalue weighted by molar-refractivity contribution is 0.731. The van der Waals surface area contributed by atoms with Crippen molar-refractivity contribution in [3.8, 4) is 22.9 Å². The van der Waals surface area contributed by atoms with Gasteiger partial charge in [0.1, 0.15) is 28.9 Å². The van der Waals surface area contributed by atoms with E-state index < -0.39 is 6.04 Å². The van der Waals surface area contributed by atoms with E-state index in [1.54, 1.807) is 10.8 Å². The fourth-order valence-electron chi connectivity index (χ4n) is 4.55. The van der Waals surface area contributed by atoms with Crippen LogP contribution in [0, 0.1) is 11.3 Å². The van der Waals surface area contributed by atoms with Gasteiger partial charge < -0.3 is 16.0 Å². The molecule has 6 aromatic rings. The minimum Gasteiger partial charge on any atom is -0.368 e. The SMILES string of the molecule is C[C@@H](Nc1nc(N)ncc1C#N)c1nc2cccc(-c3cnc4[nH]ccc4c3)c2c(=O)n1-c1ccccc1. The summed E-state index contributed by atoms with van der Waals surface area (Å²) in [5.41, 5.74) is 9.30. The normalized spacial score (nSPS) is 11.9. The molecule has 2 aromatic carbocycles. The molecule has 0 radical (unpaired) electrons. The van der Waals surface area contributed by atoms with E-state index >= 15 is 0 Å². The summed E-state index contributed by atoms with van der Waals surface area (Å²) in [6.07, 6.45) is 4.94. The van der Waals surface area contributed by atoms with Crippen molar-refractivity contribution >= 4 is 33.7 Å². The Morgan fingerprint density at radius 2 is 1.89 bits per heavy atom. The molecule has 0 fully saturated rings. The minimum absolute atomic E-state index is 0.0308. The maximum atomic E-state index is 14.3. The zero-order chi connectivity index (χ0) is 26.2. The molecule has 0 aliphatic heterocycles. The molecule has 4 aromatic heterocycles. The van der Waals surface area contributed by atoms with Gasteiger partial charge in [-0.2, -0.15) is 10.2 Å². The number of H-pyrrole nitrogens is 1. The largest absolute Gasteiger partial charge is 0.368 e. The Morgan fingerprint density at radius 1 is 1.05 bits per heavy atom. The van der Waals surface area contributed by atoms with E-state index in [0.29, 0.717) is 22.4 Å². The second-order valence-electron chi connectivity index (χ2n) is 8.75. The third-order valence-corrected chi connectivity index (χ3v) is 6.32. The van der Waals surface area contributed by atoms with Crippen molar-refractivity contribution in [2.45, 2.75) is 13.0 Å². The number of nitrogens with zero attached hydrogens (tertiary/aromatic N) is 6. The lowest BCUT2D eigenvalue weighted by Crippen LogP contribution is -2.28. The highest BCUT2D eigenvalue weighted by atomic mass is 16.1. The third kappa shape index (κ3) is 3.88.